The molecule has 3 aromatic carbocycles. The minimum atomic E-state index is -1.57. The minimum Gasteiger partial charge on any atom is -0.507 e. The Hall–Kier alpha value is -4.60. The Morgan fingerprint density at radius 2 is 1.78 bits per heavy atom. The van der Waals surface area contributed by atoms with Crippen LogP contribution in [0, 0.1) is 23.7 Å². The van der Waals surface area contributed by atoms with Crippen LogP contribution in [0.5, 0.6) is 11.5 Å². The average Bonchev–Trinajstić information content (AvgIpc) is 3.48. The van der Waals surface area contributed by atoms with Crippen LogP contribution in [0.3, 0.4) is 0 Å². The summed E-state index contributed by atoms with van der Waals surface area (Å²) in [5.41, 5.74) is 4.10. The SMILES string of the molecule is C=CCc1cccc(C2C3=CCC4C(=O)N(CCC)C(=O)C4C3CC3C(=O)N(Nc4ccc(Cl)cc4Cl)C(=O)C32c2ccc(OC)cc2)c1O. The maximum atomic E-state index is 15.4. The van der Waals surface area contributed by atoms with Gasteiger partial charge in [0.15, 0.2) is 0 Å². The molecule has 0 bridgehead atoms. The molecule has 11 heteroatoms. The molecule has 258 valence electrons. The van der Waals surface area contributed by atoms with Crippen LogP contribution in [-0.2, 0) is 31.0 Å². The van der Waals surface area contributed by atoms with E-state index in [4.69, 9.17) is 27.9 Å². The van der Waals surface area contributed by atoms with Crippen LogP contribution in [0.2, 0.25) is 10.0 Å². The van der Waals surface area contributed by atoms with Crippen LogP contribution in [0.4, 0.5) is 5.69 Å². The Balaban J connectivity index is 1.48. The summed E-state index contributed by atoms with van der Waals surface area (Å²) < 4.78 is 5.46. The predicted octanol–water partition coefficient (Wildman–Crippen LogP) is 6.83. The van der Waals surface area contributed by atoms with E-state index >= 15 is 4.79 Å². The fourth-order valence-electron chi connectivity index (χ4n) is 8.86. The van der Waals surface area contributed by atoms with Gasteiger partial charge in [0.05, 0.1) is 41.0 Å². The molecule has 0 spiro atoms. The zero-order chi connectivity index (χ0) is 35.5. The fraction of sp³-hybridized carbons (Fsp3) is 0.333. The quantitative estimate of drug-likeness (QED) is 0.185. The summed E-state index contributed by atoms with van der Waals surface area (Å²) in [7, 11) is 1.55. The number of anilines is 1. The Labute approximate surface area is 300 Å². The van der Waals surface area contributed by atoms with Gasteiger partial charge in [-0.2, -0.15) is 5.01 Å². The number of nitrogens with zero attached hydrogens (tertiary/aromatic N) is 2. The van der Waals surface area contributed by atoms with Gasteiger partial charge in [-0.1, -0.05) is 78.2 Å². The van der Waals surface area contributed by atoms with Crippen molar-refractivity contribution in [3.63, 3.8) is 0 Å². The summed E-state index contributed by atoms with van der Waals surface area (Å²) in [4.78, 5) is 59.2. The first-order valence-corrected chi connectivity index (χ1v) is 17.5. The lowest BCUT2D eigenvalue weighted by Crippen LogP contribution is -2.53. The number of phenolic OH excluding ortho intramolecular Hbond substituents is 1. The smallest absolute Gasteiger partial charge is 0.260 e. The van der Waals surface area contributed by atoms with E-state index in [9.17, 15) is 19.5 Å². The van der Waals surface area contributed by atoms with Crippen LogP contribution < -0.4 is 10.2 Å². The summed E-state index contributed by atoms with van der Waals surface area (Å²) in [5, 5.41) is 13.6. The predicted molar refractivity (Wildman–Crippen MR) is 190 cm³/mol. The number of para-hydroxylation sites is 1. The van der Waals surface area contributed by atoms with Gasteiger partial charge >= 0.3 is 0 Å². The van der Waals surface area contributed by atoms with Gasteiger partial charge in [-0.05, 0) is 73.1 Å². The summed E-state index contributed by atoms with van der Waals surface area (Å²) >= 11 is 12.7. The van der Waals surface area contributed by atoms with Gasteiger partial charge in [-0.3, -0.25) is 29.5 Å². The van der Waals surface area contributed by atoms with Crippen LogP contribution in [0.1, 0.15) is 48.8 Å². The first-order chi connectivity index (χ1) is 24.1. The third-order valence-corrected chi connectivity index (χ3v) is 11.5. The Bertz CT molecular complexity index is 1960. The van der Waals surface area contributed by atoms with Crippen LogP contribution >= 0.6 is 23.2 Å². The van der Waals surface area contributed by atoms with Crippen molar-refractivity contribution in [2.45, 2.75) is 43.9 Å². The molecule has 2 saturated heterocycles. The molecule has 3 fully saturated rings. The number of fused-ring (bicyclic) bond motifs is 4. The standard InChI is InChI=1S/C39H37Cl2N3O6/c1-4-7-21-8-6-9-27(34(21)45)33-25-15-16-26-32(37(48)43(18-5-2)35(26)46)28(25)20-29-36(47)44(42-31-17-12-23(40)19-30(31)41)38(49)39(29,33)22-10-13-24(50-3)14-11-22/h4,6,8-15,17,19,26,28-29,32-33,42,45H,1,5,7,16,18,20H2,2-3H3. The van der Waals surface area contributed by atoms with Gasteiger partial charge in [0.25, 0.3) is 11.8 Å². The van der Waals surface area contributed by atoms with Crippen molar-refractivity contribution in [3.8, 4) is 11.5 Å². The number of phenols is 1. The second kappa shape index (κ2) is 12.9. The second-order valence-corrected chi connectivity index (χ2v) is 14.2. The molecule has 2 aliphatic heterocycles. The Morgan fingerprint density at radius 1 is 1.02 bits per heavy atom. The second-order valence-electron chi connectivity index (χ2n) is 13.4. The maximum Gasteiger partial charge on any atom is 0.260 e. The Kier molecular flexibility index (Phi) is 8.77. The molecule has 4 aliphatic rings. The first kappa shape index (κ1) is 33.9. The number of hydrogen-bond donors (Lipinski definition) is 2. The Morgan fingerprint density at radius 3 is 2.46 bits per heavy atom. The highest BCUT2D eigenvalue weighted by molar-refractivity contribution is 6.36. The zero-order valence-corrected chi connectivity index (χ0v) is 29.2. The molecule has 4 amide bonds. The average molecular weight is 715 g/mol. The number of ether oxygens (including phenoxy) is 1. The van der Waals surface area contributed by atoms with Crippen molar-refractivity contribution in [2.24, 2.45) is 23.7 Å². The maximum absolute atomic E-state index is 15.4. The number of hydrogen-bond acceptors (Lipinski definition) is 7. The first-order valence-electron chi connectivity index (χ1n) is 16.8. The van der Waals surface area contributed by atoms with E-state index in [-0.39, 0.29) is 29.0 Å². The van der Waals surface area contributed by atoms with E-state index in [1.54, 1.807) is 61.7 Å². The van der Waals surface area contributed by atoms with Crippen molar-refractivity contribution >= 4 is 52.5 Å². The number of allylic oxidation sites excluding steroid dienone is 3. The summed E-state index contributed by atoms with van der Waals surface area (Å²) in [6.07, 6.45) is 5.09. The molecule has 50 heavy (non-hydrogen) atoms. The van der Waals surface area contributed by atoms with Crippen molar-refractivity contribution < 1.29 is 29.0 Å². The normalized spacial score (nSPS) is 27.1. The lowest BCUT2D eigenvalue weighted by Gasteiger charge is -2.50. The molecular weight excluding hydrogens is 677 g/mol. The third kappa shape index (κ3) is 4.96. The van der Waals surface area contributed by atoms with Crippen molar-refractivity contribution in [2.75, 3.05) is 19.1 Å². The van der Waals surface area contributed by atoms with Gasteiger partial charge in [0, 0.05) is 23.0 Å². The van der Waals surface area contributed by atoms with Crippen LogP contribution in [-0.4, -0.2) is 52.3 Å². The van der Waals surface area contributed by atoms with Gasteiger partial charge in [0.2, 0.25) is 11.8 Å². The molecule has 7 rings (SSSR count). The lowest BCUT2D eigenvalue weighted by atomic mass is 9.49. The molecule has 2 aliphatic carbocycles. The lowest BCUT2D eigenvalue weighted by molar-refractivity contribution is -0.141. The molecule has 9 nitrogen and oxygen atoms in total. The number of halogens is 2. The summed E-state index contributed by atoms with van der Waals surface area (Å²) in [6, 6.07) is 17.2. The number of methoxy groups -OCH3 is 1. The number of likely N-dealkylation sites (tertiary alicyclic amines) is 1. The number of hydrazine groups is 1. The summed E-state index contributed by atoms with van der Waals surface area (Å²) in [6.45, 7) is 6.09. The number of carbonyl (C=O) groups is 4. The molecule has 0 aromatic heterocycles. The van der Waals surface area contributed by atoms with Gasteiger partial charge in [-0.15, -0.1) is 6.58 Å². The van der Waals surface area contributed by atoms with E-state index in [0.717, 1.165) is 10.6 Å². The summed E-state index contributed by atoms with van der Waals surface area (Å²) in [5.74, 6) is -4.61. The van der Waals surface area contributed by atoms with E-state index in [1.807, 2.05) is 19.1 Å². The number of carbonyl (C=O) groups excluding carboxylic acids is 4. The van der Waals surface area contributed by atoms with E-state index in [0.29, 0.717) is 59.0 Å². The molecular formula is C39H37Cl2N3O6. The molecule has 2 N–H and O–H groups in total. The van der Waals surface area contributed by atoms with Crippen molar-refractivity contribution in [1.29, 1.82) is 0 Å². The molecule has 1 saturated carbocycles. The van der Waals surface area contributed by atoms with Gasteiger partial charge < -0.3 is 9.84 Å². The van der Waals surface area contributed by atoms with Gasteiger partial charge in [0.1, 0.15) is 11.5 Å². The largest absolute Gasteiger partial charge is 0.507 e. The fourth-order valence-corrected chi connectivity index (χ4v) is 9.31. The number of benzene rings is 3. The monoisotopic (exact) mass is 713 g/mol. The van der Waals surface area contributed by atoms with E-state index < -0.39 is 46.8 Å². The minimum absolute atomic E-state index is 0.0125. The third-order valence-electron chi connectivity index (χ3n) is 10.9. The van der Waals surface area contributed by atoms with E-state index in [2.05, 4.69) is 12.0 Å². The van der Waals surface area contributed by atoms with E-state index in [1.165, 1.54) is 11.0 Å². The number of nitrogens with one attached hydrogen (secondary N) is 1. The highest BCUT2D eigenvalue weighted by Gasteiger charge is 2.70. The van der Waals surface area contributed by atoms with Crippen molar-refractivity contribution in [3.05, 3.63) is 112 Å². The topological polar surface area (TPSA) is 116 Å². The van der Waals surface area contributed by atoms with Gasteiger partial charge in [-0.25, -0.2) is 0 Å². The van der Waals surface area contributed by atoms with Crippen LogP contribution in [0.15, 0.2) is 85.0 Å². The number of imide groups is 2. The molecule has 0 radical (unpaired) electrons. The van der Waals surface area contributed by atoms with Crippen molar-refractivity contribution in [1.82, 2.24) is 9.91 Å². The number of aromatic hydroxyl groups is 1. The number of amides is 4. The molecule has 2 heterocycles. The molecule has 6 atom stereocenters. The highest BCUT2D eigenvalue weighted by atomic mass is 35.5. The number of rotatable bonds is 9. The highest BCUT2D eigenvalue weighted by Crippen LogP contribution is 2.65. The van der Waals surface area contributed by atoms with Crippen LogP contribution in [0.25, 0.3) is 0 Å². The molecule has 6 unspecified atom stereocenters. The molecule has 3 aromatic rings. The zero-order valence-electron chi connectivity index (χ0n) is 27.7.